The summed E-state index contributed by atoms with van der Waals surface area (Å²) in [6.45, 7) is 0. The van der Waals surface area contributed by atoms with Crippen LogP contribution in [0.15, 0.2) is 4.99 Å². The van der Waals surface area contributed by atoms with Gasteiger partial charge in [-0.05, 0) is 69.6 Å². The van der Waals surface area contributed by atoms with E-state index in [0.717, 1.165) is 50.4 Å². The molecule has 2 N–H and O–H groups in total. The summed E-state index contributed by atoms with van der Waals surface area (Å²) < 4.78 is 0. The number of carbonyl (C=O) groups excluding carboxylic acids is 2. The van der Waals surface area contributed by atoms with E-state index >= 15 is 0 Å². The molecule has 0 spiro atoms. The van der Waals surface area contributed by atoms with Gasteiger partial charge >= 0.3 is 0 Å². The number of aliphatic imine (C=N–C) groups is 1. The highest BCUT2D eigenvalue weighted by Crippen LogP contribution is 2.37. The van der Waals surface area contributed by atoms with Crippen LogP contribution in [-0.2, 0) is 9.59 Å². The lowest BCUT2D eigenvalue weighted by atomic mass is 9.74. The lowest BCUT2D eigenvalue weighted by Gasteiger charge is -2.32. The average molecular weight is 264 g/mol. The van der Waals surface area contributed by atoms with E-state index in [1.165, 1.54) is 19.3 Å². The molecule has 2 fully saturated rings. The van der Waals surface area contributed by atoms with Crippen LogP contribution in [0.1, 0.15) is 57.8 Å². The molecule has 0 aromatic heterocycles. The molecule has 0 radical (unpaired) electrons. The molecule has 0 saturated heterocycles. The van der Waals surface area contributed by atoms with Gasteiger partial charge in [0.25, 0.3) is 0 Å². The zero-order valence-corrected chi connectivity index (χ0v) is 11.5. The summed E-state index contributed by atoms with van der Waals surface area (Å²) in [5, 5.41) is 0. The first-order valence-electron chi connectivity index (χ1n) is 7.55. The fraction of sp³-hybridized carbons (Fsp3) is 0.867. The fourth-order valence-electron chi connectivity index (χ4n) is 3.74. The highest BCUT2D eigenvalue weighted by atomic mass is 16.1. The average Bonchev–Trinajstić information content (AvgIpc) is 2.42. The van der Waals surface area contributed by atoms with E-state index in [4.69, 9.17) is 5.73 Å². The number of nitrogens with two attached hydrogens (primary N) is 1. The number of rotatable bonds is 4. The fourth-order valence-corrected chi connectivity index (χ4v) is 3.74. The van der Waals surface area contributed by atoms with Crippen LogP contribution >= 0.6 is 0 Å². The van der Waals surface area contributed by atoms with Gasteiger partial charge < -0.3 is 5.73 Å². The summed E-state index contributed by atoms with van der Waals surface area (Å²) in [5.74, 6) is 1.56. The first-order valence-corrected chi connectivity index (χ1v) is 7.55. The first-order chi connectivity index (χ1) is 9.19. The second-order valence-electron chi connectivity index (χ2n) is 6.25. The number of hydrogen-bond donors (Lipinski definition) is 1. The van der Waals surface area contributed by atoms with Crippen molar-refractivity contribution in [2.24, 2.45) is 28.5 Å². The van der Waals surface area contributed by atoms with Gasteiger partial charge in [-0.1, -0.05) is 0 Å². The maximum atomic E-state index is 11.1. The molecule has 0 aliphatic heterocycles. The summed E-state index contributed by atoms with van der Waals surface area (Å²) in [5.41, 5.74) is 5.36. The van der Waals surface area contributed by atoms with Gasteiger partial charge in [0.15, 0.2) is 0 Å². The van der Waals surface area contributed by atoms with Gasteiger partial charge in [-0.15, -0.1) is 0 Å². The molecule has 0 aromatic carbocycles. The highest BCUT2D eigenvalue weighted by molar-refractivity contribution is 5.76. The lowest BCUT2D eigenvalue weighted by molar-refractivity contribution is -0.123. The van der Waals surface area contributed by atoms with Crippen LogP contribution in [0.4, 0.5) is 0 Å². The summed E-state index contributed by atoms with van der Waals surface area (Å²) >= 11 is 0. The first kappa shape index (κ1) is 14.3. The Morgan fingerprint density at radius 2 is 1.53 bits per heavy atom. The van der Waals surface area contributed by atoms with Crippen LogP contribution in [0, 0.1) is 17.8 Å². The normalized spacial score (nSPS) is 35.4. The van der Waals surface area contributed by atoms with E-state index in [1.807, 2.05) is 0 Å². The Kier molecular flexibility index (Phi) is 5.15. The zero-order valence-electron chi connectivity index (χ0n) is 11.5. The monoisotopic (exact) mass is 264 g/mol. The predicted octanol–water partition coefficient (Wildman–Crippen LogP) is 2.56. The quantitative estimate of drug-likeness (QED) is 0.626. The van der Waals surface area contributed by atoms with Gasteiger partial charge in [-0.3, -0.25) is 4.79 Å². The van der Waals surface area contributed by atoms with Crippen molar-refractivity contribution < 1.29 is 9.59 Å². The minimum Gasteiger partial charge on any atom is -0.369 e. The number of nitrogens with zero attached hydrogens (tertiary/aromatic N) is 1. The minimum atomic E-state index is -0.120. The Bertz CT molecular complexity index is 327. The van der Waals surface area contributed by atoms with E-state index in [1.54, 1.807) is 6.08 Å². The van der Waals surface area contributed by atoms with E-state index in [2.05, 4.69) is 4.99 Å². The molecule has 1 amide bonds. The maximum Gasteiger partial charge on any atom is 0.235 e. The second-order valence-corrected chi connectivity index (χ2v) is 6.25. The van der Waals surface area contributed by atoms with Gasteiger partial charge in [0, 0.05) is 5.92 Å². The number of isocyanates is 1. The van der Waals surface area contributed by atoms with Gasteiger partial charge in [0.05, 0.1) is 6.04 Å². The molecule has 0 bridgehead atoms. The van der Waals surface area contributed by atoms with Crippen molar-refractivity contribution in [3.63, 3.8) is 0 Å². The summed E-state index contributed by atoms with van der Waals surface area (Å²) in [6, 6.07) is 0.222. The van der Waals surface area contributed by atoms with Gasteiger partial charge in [0.2, 0.25) is 12.0 Å². The third-order valence-electron chi connectivity index (χ3n) is 4.97. The lowest BCUT2D eigenvalue weighted by Crippen LogP contribution is -2.28. The van der Waals surface area contributed by atoms with Crippen molar-refractivity contribution in [1.82, 2.24) is 0 Å². The second kappa shape index (κ2) is 6.85. The summed E-state index contributed by atoms with van der Waals surface area (Å²) in [7, 11) is 0. The van der Waals surface area contributed by atoms with Gasteiger partial charge in [-0.2, -0.15) is 0 Å². The van der Waals surface area contributed by atoms with E-state index < -0.39 is 0 Å². The number of primary amides is 1. The molecular weight excluding hydrogens is 240 g/mol. The van der Waals surface area contributed by atoms with Crippen molar-refractivity contribution in [2.45, 2.75) is 63.8 Å². The molecule has 19 heavy (non-hydrogen) atoms. The summed E-state index contributed by atoms with van der Waals surface area (Å²) in [4.78, 5) is 25.2. The van der Waals surface area contributed by atoms with E-state index in [0.29, 0.717) is 0 Å². The Labute approximate surface area is 114 Å². The van der Waals surface area contributed by atoms with Crippen molar-refractivity contribution in [3.05, 3.63) is 0 Å². The number of carbonyl (C=O) groups is 1. The number of amides is 1. The van der Waals surface area contributed by atoms with Crippen molar-refractivity contribution in [1.29, 1.82) is 0 Å². The molecular formula is C15H24N2O2. The molecule has 2 rings (SSSR count). The molecule has 2 aliphatic carbocycles. The zero-order chi connectivity index (χ0) is 13.7. The molecule has 106 valence electrons. The van der Waals surface area contributed by atoms with Crippen molar-refractivity contribution in [2.75, 3.05) is 0 Å². The molecule has 0 heterocycles. The Morgan fingerprint density at radius 3 is 2.00 bits per heavy atom. The SMILES string of the molecule is NC(=O)C1CCC(CC2CCC(N=C=O)CC2)CC1. The Balaban J connectivity index is 1.69. The van der Waals surface area contributed by atoms with Crippen LogP contribution in [-0.4, -0.2) is 18.0 Å². The molecule has 0 atom stereocenters. The molecule has 4 heteroatoms. The van der Waals surface area contributed by atoms with Crippen molar-refractivity contribution in [3.8, 4) is 0 Å². The summed E-state index contributed by atoms with van der Waals surface area (Å²) in [6.07, 6.45) is 11.7. The van der Waals surface area contributed by atoms with Crippen LogP contribution < -0.4 is 5.73 Å². The predicted molar refractivity (Wildman–Crippen MR) is 73.1 cm³/mol. The van der Waals surface area contributed by atoms with Crippen LogP contribution in [0.5, 0.6) is 0 Å². The topological polar surface area (TPSA) is 72.5 Å². The molecule has 2 aliphatic rings. The number of hydrogen-bond acceptors (Lipinski definition) is 3. The minimum absolute atomic E-state index is 0.119. The molecule has 2 saturated carbocycles. The van der Waals surface area contributed by atoms with Gasteiger partial charge in [-0.25, -0.2) is 9.79 Å². The van der Waals surface area contributed by atoms with Gasteiger partial charge in [0.1, 0.15) is 0 Å². The third kappa shape index (κ3) is 4.17. The van der Waals surface area contributed by atoms with Crippen LogP contribution in [0.3, 0.4) is 0 Å². The van der Waals surface area contributed by atoms with Crippen LogP contribution in [0.2, 0.25) is 0 Å². The largest absolute Gasteiger partial charge is 0.369 e. The third-order valence-corrected chi connectivity index (χ3v) is 4.97. The van der Waals surface area contributed by atoms with E-state index in [-0.39, 0.29) is 17.9 Å². The molecule has 0 unspecified atom stereocenters. The Hall–Kier alpha value is -1.15. The standard InChI is InChI=1S/C15H24N2O2/c16-15(19)13-5-1-11(2-6-13)9-12-3-7-14(8-4-12)17-10-18/h11-14H,1-9H2,(H2,16,19). The smallest absolute Gasteiger partial charge is 0.235 e. The molecule has 4 nitrogen and oxygen atoms in total. The molecule has 0 aromatic rings. The maximum absolute atomic E-state index is 11.1. The van der Waals surface area contributed by atoms with E-state index in [9.17, 15) is 9.59 Å². The van der Waals surface area contributed by atoms with Crippen LogP contribution in [0.25, 0.3) is 0 Å². The highest BCUT2D eigenvalue weighted by Gasteiger charge is 2.28. The van der Waals surface area contributed by atoms with Crippen molar-refractivity contribution >= 4 is 12.0 Å². The Morgan fingerprint density at radius 1 is 1.00 bits per heavy atom.